The van der Waals surface area contributed by atoms with Gasteiger partial charge in [-0.05, 0) is 38.2 Å². The molecule has 0 saturated carbocycles. The molecular formula is C13H22OSi. The van der Waals surface area contributed by atoms with Crippen molar-refractivity contribution in [2.75, 3.05) is 0 Å². The summed E-state index contributed by atoms with van der Waals surface area (Å²) in [6, 6.07) is 0. The Bertz CT molecular complexity index is 310. The van der Waals surface area contributed by atoms with E-state index in [1.54, 1.807) is 0 Å². The number of allylic oxidation sites excluding steroid dienone is 2. The van der Waals surface area contributed by atoms with Crippen molar-refractivity contribution < 1.29 is 5.11 Å². The minimum absolute atomic E-state index is 0.773. The summed E-state index contributed by atoms with van der Waals surface area (Å²) in [5.41, 5.74) is 1.22. The molecule has 1 unspecified atom stereocenters. The van der Waals surface area contributed by atoms with Crippen molar-refractivity contribution in [3.05, 3.63) is 11.6 Å². The topological polar surface area (TPSA) is 20.2 Å². The molecular weight excluding hydrogens is 200 g/mol. The van der Waals surface area contributed by atoms with Gasteiger partial charge >= 0.3 is 0 Å². The fourth-order valence-corrected chi connectivity index (χ4v) is 1.78. The van der Waals surface area contributed by atoms with Crippen LogP contribution in [0.3, 0.4) is 0 Å². The van der Waals surface area contributed by atoms with E-state index in [1.165, 1.54) is 18.4 Å². The van der Waals surface area contributed by atoms with E-state index in [0.29, 0.717) is 0 Å². The first kappa shape index (κ1) is 12.5. The lowest BCUT2D eigenvalue weighted by Crippen LogP contribution is -2.48. The molecule has 15 heavy (non-hydrogen) atoms. The summed E-state index contributed by atoms with van der Waals surface area (Å²) in [5.74, 6) is 6.23. The van der Waals surface area contributed by atoms with Crippen LogP contribution in [0.5, 0.6) is 0 Å². The van der Waals surface area contributed by atoms with Gasteiger partial charge in [0.1, 0.15) is 5.22 Å². The van der Waals surface area contributed by atoms with E-state index in [0.717, 1.165) is 12.8 Å². The second-order valence-electron chi connectivity index (χ2n) is 5.55. The van der Waals surface area contributed by atoms with E-state index < -0.39 is 13.3 Å². The van der Waals surface area contributed by atoms with Crippen LogP contribution in [-0.4, -0.2) is 18.4 Å². The molecule has 0 saturated heterocycles. The molecule has 1 aliphatic carbocycles. The Morgan fingerprint density at radius 3 is 2.47 bits per heavy atom. The summed E-state index contributed by atoms with van der Waals surface area (Å²) >= 11 is 0. The van der Waals surface area contributed by atoms with Gasteiger partial charge in [0, 0.05) is 0 Å². The molecule has 0 bridgehead atoms. The van der Waals surface area contributed by atoms with Crippen LogP contribution in [0.1, 0.15) is 32.6 Å². The zero-order valence-corrected chi connectivity index (χ0v) is 11.4. The molecule has 84 valence electrons. The third kappa shape index (κ3) is 3.51. The predicted octanol–water partition coefficient (Wildman–Crippen LogP) is 3.12. The van der Waals surface area contributed by atoms with Crippen molar-refractivity contribution in [2.24, 2.45) is 0 Å². The van der Waals surface area contributed by atoms with Crippen LogP contribution in [0, 0.1) is 11.8 Å². The van der Waals surface area contributed by atoms with Crippen LogP contribution in [0.4, 0.5) is 0 Å². The van der Waals surface area contributed by atoms with E-state index in [1.807, 2.05) is 6.92 Å². The third-order valence-corrected chi connectivity index (χ3v) is 6.26. The standard InChI is InChI=1S/C13H22OSi/c1-13(14,15(2,3)4)11-10-12-8-6-5-7-9-12/h8,14H,5-7,9H2,1-4H3. The van der Waals surface area contributed by atoms with Crippen molar-refractivity contribution in [2.45, 2.75) is 57.5 Å². The highest BCUT2D eigenvalue weighted by atomic mass is 28.3. The fraction of sp³-hybridized carbons (Fsp3) is 0.692. The van der Waals surface area contributed by atoms with E-state index in [-0.39, 0.29) is 0 Å². The first-order chi connectivity index (χ1) is 6.83. The summed E-state index contributed by atoms with van der Waals surface area (Å²) in [5, 5.41) is 9.47. The van der Waals surface area contributed by atoms with Gasteiger partial charge in [0.15, 0.2) is 0 Å². The molecule has 0 aliphatic heterocycles. The fourth-order valence-electron chi connectivity index (χ4n) is 1.34. The Hall–Kier alpha value is -0.523. The van der Waals surface area contributed by atoms with Gasteiger partial charge < -0.3 is 5.11 Å². The van der Waals surface area contributed by atoms with Gasteiger partial charge in [0.25, 0.3) is 0 Å². The zero-order valence-electron chi connectivity index (χ0n) is 10.4. The van der Waals surface area contributed by atoms with E-state index >= 15 is 0 Å². The zero-order chi connectivity index (χ0) is 11.5. The van der Waals surface area contributed by atoms with E-state index in [4.69, 9.17) is 0 Å². The van der Waals surface area contributed by atoms with Crippen molar-refractivity contribution in [1.82, 2.24) is 0 Å². The Labute approximate surface area is 94.6 Å². The highest BCUT2D eigenvalue weighted by molar-refractivity contribution is 6.79. The van der Waals surface area contributed by atoms with Gasteiger partial charge in [0.05, 0.1) is 8.07 Å². The van der Waals surface area contributed by atoms with Gasteiger partial charge in [-0.3, -0.25) is 0 Å². The maximum atomic E-state index is 10.2. The number of hydrogen-bond donors (Lipinski definition) is 1. The van der Waals surface area contributed by atoms with Crippen LogP contribution in [0.2, 0.25) is 19.6 Å². The SMILES string of the molecule is CC(O)(C#CC1=CCCCC1)[Si](C)(C)C. The maximum absolute atomic E-state index is 10.2. The average Bonchev–Trinajstić information content (AvgIpc) is 2.15. The van der Waals surface area contributed by atoms with E-state index in [2.05, 4.69) is 37.6 Å². The van der Waals surface area contributed by atoms with Crippen LogP contribution in [0.15, 0.2) is 11.6 Å². The summed E-state index contributed by atoms with van der Waals surface area (Å²) < 4.78 is 0. The monoisotopic (exact) mass is 222 g/mol. The molecule has 0 aromatic heterocycles. The Morgan fingerprint density at radius 2 is 2.00 bits per heavy atom. The quantitative estimate of drug-likeness (QED) is 0.534. The van der Waals surface area contributed by atoms with E-state index in [9.17, 15) is 5.11 Å². The average molecular weight is 222 g/mol. The summed E-state index contributed by atoms with van der Waals surface area (Å²) in [4.78, 5) is 0. The van der Waals surface area contributed by atoms with Crippen LogP contribution in [-0.2, 0) is 0 Å². The first-order valence-corrected chi connectivity index (χ1v) is 9.27. The van der Waals surface area contributed by atoms with Crippen LogP contribution >= 0.6 is 0 Å². The smallest absolute Gasteiger partial charge is 0.109 e. The number of hydrogen-bond acceptors (Lipinski definition) is 1. The Balaban J connectivity index is 2.76. The molecule has 1 aliphatic rings. The van der Waals surface area contributed by atoms with Gasteiger partial charge in [-0.25, -0.2) is 0 Å². The molecule has 0 radical (unpaired) electrons. The molecule has 0 aromatic carbocycles. The summed E-state index contributed by atoms with van der Waals surface area (Å²) in [6.07, 6.45) is 7.00. The normalized spacial score (nSPS) is 21.0. The highest BCUT2D eigenvalue weighted by Crippen LogP contribution is 2.20. The highest BCUT2D eigenvalue weighted by Gasteiger charge is 2.35. The molecule has 1 N–H and O–H groups in total. The predicted molar refractivity (Wildman–Crippen MR) is 68.3 cm³/mol. The Kier molecular flexibility index (Phi) is 3.80. The lowest BCUT2D eigenvalue weighted by atomic mass is 10.00. The second kappa shape index (κ2) is 4.55. The molecule has 1 rings (SSSR count). The lowest BCUT2D eigenvalue weighted by Gasteiger charge is -2.30. The van der Waals surface area contributed by atoms with Gasteiger partial charge in [-0.1, -0.05) is 37.6 Å². The number of rotatable bonds is 1. The van der Waals surface area contributed by atoms with Crippen LogP contribution < -0.4 is 0 Å². The number of aliphatic hydroxyl groups is 1. The minimum atomic E-state index is -1.61. The maximum Gasteiger partial charge on any atom is 0.109 e. The molecule has 0 aromatic rings. The molecule has 0 heterocycles. The van der Waals surface area contributed by atoms with Crippen LogP contribution in [0.25, 0.3) is 0 Å². The van der Waals surface area contributed by atoms with Gasteiger partial charge in [0.2, 0.25) is 0 Å². The molecule has 2 heteroatoms. The lowest BCUT2D eigenvalue weighted by molar-refractivity contribution is 0.197. The second-order valence-corrected chi connectivity index (χ2v) is 11.0. The molecule has 1 atom stereocenters. The summed E-state index contributed by atoms with van der Waals surface area (Å²) in [6.45, 7) is 8.31. The van der Waals surface area contributed by atoms with Crippen molar-refractivity contribution in [3.63, 3.8) is 0 Å². The summed E-state index contributed by atoms with van der Waals surface area (Å²) in [7, 11) is -1.61. The molecule has 0 amide bonds. The molecule has 1 nitrogen and oxygen atoms in total. The van der Waals surface area contributed by atoms with Crippen molar-refractivity contribution in [3.8, 4) is 11.8 Å². The van der Waals surface area contributed by atoms with Crippen molar-refractivity contribution in [1.29, 1.82) is 0 Å². The molecule has 0 fully saturated rings. The minimum Gasteiger partial charge on any atom is -0.381 e. The van der Waals surface area contributed by atoms with Gasteiger partial charge in [-0.2, -0.15) is 0 Å². The largest absolute Gasteiger partial charge is 0.381 e. The van der Waals surface area contributed by atoms with Gasteiger partial charge in [-0.15, -0.1) is 0 Å². The third-order valence-electron chi connectivity index (χ3n) is 3.22. The van der Waals surface area contributed by atoms with Crippen molar-refractivity contribution >= 4 is 8.07 Å². The first-order valence-electron chi connectivity index (χ1n) is 5.77. The Morgan fingerprint density at radius 1 is 1.33 bits per heavy atom. The molecule has 0 spiro atoms.